The van der Waals surface area contributed by atoms with Gasteiger partial charge < -0.3 is 24.8 Å². The molecule has 1 amide bonds. The first-order valence-electron chi connectivity index (χ1n) is 11.2. The van der Waals surface area contributed by atoms with Gasteiger partial charge in [0.15, 0.2) is 5.65 Å². The lowest BCUT2D eigenvalue weighted by Gasteiger charge is -2.31. The molecule has 0 radical (unpaired) electrons. The van der Waals surface area contributed by atoms with Gasteiger partial charge in [-0.25, -0.2) is 9.50 Å². The van der Waals surface area contributed by atoms with Crippen molar-refractivity contribution in [2.75, 3.05) is 36.5 Å². The van der Waals surface area contributed by atoms with Crippen LogP contribution in [0.5, 0.6) is 5.75 Å². The van der Waals surface area contributed by atoms with Gasteiger partial charge in [-0.3, -0.25) is 4.79 Å². The Bertz CT molecular complexity index is 1200. The molecule has 0 unspecified atom stereocenters. The smallest absolute Gasteiger partial charge is 0.261 e. The van der Waals surface area contributed by atoms with E-state index in [2.05, 4.69) is 20.3 Å². The topological polar surface area (TPSA) is 101 Å². The molecular weight excluding hydrogens is 422 g/mol. The fraction of sp³-hybridized carbons (Fsp3) is 0.458. The lowest BCUT2D eigenvalue weighted by Crippen LogP contribution is -2.39. The first-order chi connectivity index (χ1) is 15.7. The summed E-state index contributed by atoms with van der Waals surface area (Å²) in [6, 6.07) is 5.76. The number of amides is 1. The maximum Gasteiger partial charge on any atom is 0.261 e. The summed E-state index contributed by atoms with van der Waals surface area (Å²) in [6.45, 7) is 8.29. The summed E-state index contributed by atoms with van der Waals surface area (Å²) in [5, 5.41) is 17.7. The van der Waals surface area contributed by atoms with Crippen LogP contribution in [-0.4, -0.2) is 63.1 Å². The maximum atomic E-state index is 13.2. The number of nitrogens with zero attached hydrogens (tertiary/aromatic N) is 4. The molecule has 9 nitrogen and oxygen atoms in total. The van der Waals surface area contributed by atoms with E-state index in [0.29, 0.717) is 43.0 Å². The predicted molar refractivity (Wildman–Crippen MR) is 124 cm³/mol. The highest BCUT2D eigenvalue weighted by Gasteiger charge is 2.40. The molecule has 2 aliphatic rings. The summed E-state index contributed by atoms with van der Waals surface area (Å²) in [7, 11) is 0. The van der Waals surface area contributed by atoms with Crippen LogP contribution >= 0.6 is 0 Å². The number of nitrogens with one attached hydrogen (secondary N) is 1. The summed E-state index contributed by atoms with van der Waals surface area (Å²) >= 11 is 0. The van der Waals surface area contributed by atoms with Crippen LogP contribution in [0.3, 0.4) is 0 Å². The molecule has 0 aliphatic carbocycles. The second-order valence-corrected chi connectivity index (χ2v) is 9.69. The summed E-state index contributed by atoms with van der Waals surface area (Å²) in [5.41, 5.74) is 2.16. The van der Waals surface area contributed by atoms with Crippen LogP contribution in [-0.2, 0) is 11.2 Å². The molecule has 9 heteroatoms. The summed E-state index contributed by atoms with van der Waals surface area (Å²) < 4.78 is 13.4. The van der Waals surface area contributed by atoms with Gasteiger partial charge in [0.25, 0.3) is 5.91 Å². The number of hydrogen-bond acceptors (Lipinski definition) is 7. The van der Waals surface area contributed by atoms with E-state index in [-0.39, 0.29) is 5.91 Å². The molecule has 3 aromatic rings. The van der Waals surface area contributed by atoms with E-state index < -0.39 is 11.2 Å². The van der Waals surface area contributed by atoms with Crippen LogP contribution in [0, 0.1) is 0 Å². The van der Waals surface area contributed by atoms with Crippen LogP contribution in [0.25, 0.3) is 5.65 Å². The predicted octanol–water partition coefficient (Wildman–Crippen LogP) is 2.67. The maximum absolute atomic E-state index is 13.2. The summed E-state index contributed by atoms with van der Waals surface area (Å²) in [5.74, 6) is 0.523. The van der Waals surface area contributed by atoms with Crippen molar-refractivity contribution < 1.29 is 19.4 Å². The molecule has 0 bridgehead atoms. The van der Waals surface area contributed by atoms with Crippen molar-refractivity contribution in [2.45, 2.75) is 44.8 Å². The van der Waals surface area contributed by atoms with Crippen LogP contribution in [0.2, 0.25) is 0 Å². The Labute approximate surface area is 192 Å². The van der Waals surface area contributed by atoms with Gasteiger partial charge in [0.05, 0.1) is 36.4 Å². The number of carbonyl (C=O) groups excluding carboxylic acids is 1. The minimum absolute atomic E-state index is 0.267. The number of benzene rings is 1. The van der Waals surface area contributed by atoms with Gasteiger partial charge in [0.1, 0.15) is 16.9 Å². The lowest BCUT2D eigenvalue weighted by atomic mass is 9.87. The van der Waals surface area contributed by atoms with Crippen molar-refractivity contribution >= 4 is 22.9 Å². The van der Waals surface area contributed by atoms with E-state index in [4.69, 9.17) is 9.47 Å². The zero-order valence-electron chi connectivity index (χ0n) is 19.2. The van der Waals surface area contributed by atoms with Crippen LogP contribution < -0.4 is 15.0 Å². The van der Waals surface area contributed by atoms with E-state index >= 15 is 0 Å². The summed E-state index contributed by atoms with van der Waals surface area (Å²) in [6.07, 6.45) is 6.08. The Morgan fingerprint density at radius 1 is 1.30 bits per heavy atom. The Balaban J connectivity index is 1.49. The third-order valence-electron chi connectivity index (χ3n) is 6.03. The van der Waals surface area contributed by atoms with Crippen LogP contribution in [0.1, 0.15) is 43.1 Å². The quantitative estimate of drug-likeness (QED) is 0.615. The van der Waals surface area contributed by atoms with Crippen molar-refractivity contribution in [1.82, 2.24) is 14.6 Å². The zero-order chi connectivity index (χ0) is 23.2. The van der Waals surface area contributed by atoms with Gasteiger partial charge in [-0.1, -0.05) is 0 Å². The monoisotopic (exact) mass is 451 g/mol. The third kappa shape index (κ3) is 4.38. The average molecular weight is 452 g/mol. The molecule has 0 saturated carbocycles. The van der Waals surface area contributed by atoms with Gasteiger partial charge in [-0.15, -0.1) is 0 Å². The number of hydrogen-bond donors (Lipinski definition) is 2. The number of anilines is 2. The largest absolute Gasteiger partial charge is 0.487 e. The molecule has 1 fully saturated rings. The molecule has 33 heavy (non-hydrogen) atoms. The standard InChI is InChI=1S/C24H29N5O4/c1-23(2,31)15-24(3)13-16-11-18(19(12-20(16)33-24)28-7-9-32-10-8-28)27-22(30)17-14-26-29-6-4-5-25-21(17)29/h4-6,11-12,14,31H,7-10,13,15H2,1-3H3,(H,27,30)/t24-/m1/s1. The van der Waals surface area contributed by atoms with E-state index in [9.17, 15) is 9.90 Å². The average Bonchev–Trinajstić information content (AvgIpc) is 3.32. The normalized spacial score (nSPS) is 20.5. The third-order valence-corrected chi connectivity index (χ3v) is 6.03. The van der Waals surface area contributed by atoms with Crippen molar-refractivity contribution in [2.24, 2.45) is 0 Å². The van der Waals surface area contributed by atoms with Gasteiger partial charge in [-0.2, -0.15) is 5.10 Å². The minimum atomic E-state index is -0.850. The molecule has 174 valence electrons. The molecular formula is C24H29N5O4. The highest BCUT2D eigenvalue weighted by atomic mass is 16.5. The van der Waals surface area contributed by atoms with Gasteiger partial charge in [0, 0.05) is 50.0 Å². The molecule has 5 rings (SSSR count). The Morgan fingerprint density at radius 2 is 2.09 bits per heavy atom. The van der Waals surface area contributed by atoms with Gasteiger partial charge >= 0.3 is 0 Å². The van der Waals surface area contributed by atoms with Gasteiger partial charge in [-0.05, 0) is 32.9 Å². The van der Waals surface area contributed by atoms with Crippen molar-refractivity contribution in [1.29, 1.82) is 0 Å². The highest BCUT2D eigenvalue weighted by molar-refractivity contribution is 6.09. The molecule has 4 heterocycles. The second-order valence-electron chi connectivity index (χ2n) is 9.69. The minimum Gasteiger partial charge on any atom is -0.487 e. The van der Waals surface area contributed by atoms with Crippen molar-refractivity contribution in [3.05, 3.63) is 47.9 Å². The van der Waals surface area contributed by atoms with E-state index in [1.807, 2.05) is 19.1 Å². The van der Waals surface area contributed by atoms with Crippen LogP contribution in [0.15, 0.2) is 36.8 Å². The molecule has 1 saturated heterocycles. The molecule has 1 aromatic carbocycles. The number of morpholine rings is 1. The molecule has 0 spiro atoms. The number of carbonyl (C=O) groups is 1. The molecule has 1 atom stereocenters. The van der Waals surface area contributed by atoms with Crippen molar-refractivity contribution in [3.63, 3.8) is 0 Å². The number of fused-ring (bicyclic) bond motifs is 2. The zero-order valence-corrected chi connectivity index (χ0v) is 19.2. The Hall–Kier alpha value is -3.17. The fourth-order valence-corrected chi connectivity index (χ4v) is 4.91. The molecule has 2 aliphatic heterocycles. The van der Waals surface area contributed by atoms with E-state index in [1.165, 1.54) is 6.20 Å². The number of rotatable bonds is 5. The molecule has 2 aromatic heterocycles. The van der Waals surface area contributed by atoms with E-state index in [1.54, 1.807) is 36.8 Å². The van der Waals surface area contributed by atoms with Gasteiger partial charge in [0.2, 0.25) is 0 Å². The Kier molecular flexibility index (Phi) is 5.25. The fourth-order valence-electron chi connectivity index (χ4n) is 4.91. The number of aromatic nitrogens is 3. The lowest BCUT2D eigenvalue weighted by molar-refractivity contribution is -0.00935. The van der Waals surface area contributed by atoms with Crippen molar-refractivity contribution in [3.8, 4) is 5.75 Å². The molecule has 2 N–H and O–H groups in total. The number of ether oxygens (including phenoxy) is 2. The second kappa shape index (κ2) is 8.00. The highest BCUT2D eigenvalue weighted by Crippen LogP contribution is 2.44. The number of aliphatic hydroxyl groups is 1. The first kappa shape index (κ1) is 21.7. The first-order valence-corrected chi connectivity index (χ1v) is 11.2. The van der Waals surface area contributed by atoms with E-state index in [0.717, 1.165) is 30.1 Å². The Morgan fingerprint density at radius 3 is 2.85 bits per heavy atom. The SMILES string of the molecule is CC(C)(O)C[C@@]1(C)Cc2cc(NC(=O)c3cnn4cccnc34)c(N3CCOCC3)cc2O1. The summed E-state index contributed by atoms with van der Waals surface area (Å²) in [4.78, 5) is 19.7. The van der Waals surface area contributed by atoms with Crippen LogP contribution in [0.4, 0.5) is 11.4 Å².